The van der Waals surface area contributed by atoms with Gasteiger partial charge in [0.1, 0.15) is 0 Å². The molecule has 0 heterocycles. The van der Waals surface area contributed by atoms with Crippen molar-refractivity contribution in [3.63, 3.8) is 0 Å². The van der Waals surface area contributed by atoms with E-state index in [1.54, 1.807) is 7.11 Å². The minimum atomic E-state index is -0.293. The van der Waals surface area contributed by atoms with Crippen LogP contribution in [0, 0.1) is 0 Å². The maximum absolute atomic E-state index is 4.97. The fourth-order valence-electron chi connectivity index (χ4n) is 0.311. The van der Waals surface area contributed by atoms with E-state index in [2.05, 4.69) is 13.0 Å². The van der Waals surface area contributed by atoms with Gasteiger partial charge in [-0.15, -0.1) is 0 Å². The van der Waals surface area contributed by atoms with Gasteiger partial charge in [0.2, 0.25) is 0 Å². The van der Waals surface area contributed by atoms with Gasteiger partial charge in [0, 0.05) is 7.11 Å². The summed E-state index contributed by atoms with van der Waals surface area (Å²) in [7, 11) is 1.47. The molecule has 0 saturated carbocycles. The molecule has 0 bridgehead atoms. The lowest BCUT2D eigenvalue weighted by Gasteiger charge is -1.92. The van der Waals surface area contributed by atoms with Crippen molar-refractivity contribution in [2.75, 3.05) is 7.11 Å². The maximum atomic E-state index is 4.97. The number of allylic oxidation sites excluding steroid dienone is 2. The largest absolute Gasteiger partial charge is 0.422 e. The highest BCUT2D eigenvalue weighted by atomic mass is 28.2. The second-order valence-electron chi connectivity index (χ2n) is 1.57. The van der Waals surface area contributed by atoms with Gasteiger partial charge in [-0.1, -0.05) is 11.3 Å². The van der Waals surface area contributed by atoms with Crippen LogP contribution in [-0.4, -0.2) is 16.9 Å². The van der Waals surface area contributed by atoms with E-state index < -0.39 is 0 Å². The summed E-state index contributed by atoms with van der Waals surface area (Å²) in [5, 5.41) is 1.42. The Morgan fingerprint density at radius 3 is 2.43 bits per heavy atom. The van der Waals surface area contributed by atoms with Gasteiger partial charge in [-0.2, -0.15) is 0 Å². The molecule has 0 aromatic carbocycles. The first-order valence-electron chi connectivity index (χ1n) is 2.42. The summed E-state index contributed by atoms with van der Waals surface area (Å²) in [4.78, 5) is 0. The van der Waals surface area contributed by atoms with Gasteiger partial charge in [0.05, 0.1) is 0 Å². The van der Waals surface area contributed by atoms with Crippen molar-refractivity contribution in [2.45, 2.75) is 13.8 Å². The number of hydrogen-bond acceptors (Lipinski definition) is 1. The van der Waals surface area contributed by atoms with E-state index in [0.717, 1.165) is 0 Å². The first kappa shape index (κ1) is 6.92. The molecular formula is C5H12OSi. The third-order valence-electron chi connectivity index (χ3n) is 0.865. The zero-order valence-electron chi connectivity index (χ0n) is 5.19. The van der Waals surface area contributed by atoms with Crippen LogP contribution in [0.25, 0.3) is 0 Å². The van der Waals surface area contributed by atoms with Crippen molar-refractivity contribution >= 4 is 9.76 Å². The van der Waals surface area contributed by atoms with Gasteiger partial charge in [0.25, 0.3) is 0 Å². The van der Waals surface area contributed by atoms with Gasteiger partial charge in [-0.25, -0.2) is 0 Å². The van der Waals surface area contributed by atoms with Crippen molar-refractivity contribution in [3.05, 3.63) is 11.3 Å². The molecule has 2 heteroatoms. The van der Waals surface area contributed by atoms with Crippen LogP contribution in [0.3, 0.4) is 0 Å². The summed E-state index contributed by atoms with van der Waals surface area (Å²) >= 11 is 0. The van der Waals surface area contributed by atoms with Crippen molar-refractivity contribution < 1.29 is 4.43 Å². The SMILES string of the molecule is CC=C(C)[SiH2]OC. The first-order valence-corrected chi connectivity index (χ1v) is 3.70. The molecule has 0 N–H and O–H groups in total. The molecule has 0 fully saturated rings. The van der Waals surface area contributed by atoms with Crippen molar-refractivity contribution in [1.29, 1.82) is 0 Å². The highest BCUT2D eigenvalue weighted by molar-refractivity contribution is 6.37. The summed E-state index contributed by atoms with van der Waals surface area (Å²) in [6, 6.07) is 0. The summed E-state index contributed by atoms with van der Waals surface area (Å²) in [5.41, 5.74) is 0. The highest BCUT2D eigenvalue weighted by Gasteiger charge is 1.81. The van der Waals surface area contributed by atoms with Crippen molar-refractivity contribution in [3.8, 4) is 0 Å². The fourth-order valence-corrected chi connectivity index (χ4v) is 0.933. The Labute approximate surface area is 47.3 Å². The van der Waals surface area contributed by atoms with Gasteiger partial charge < -0.3 is 4.43 Å². The van der Waals surface area contributed by atoms with Crippen LogP contribution in [0.2, 0.25) is 0 Å². The molecule has 0 unspecified atom stereocenters. The van der Waals surface area contributed by atoms with E-state index >= 15 is 0 Å². The smallest absolute Gasteiger partial charge is 0.187 e. The molecule has 0 atom stereocenters. The topological polar surface area (TPSA) is 9.23 Å². The predicted octanol–water partition coefficient (Wildman–Crippen LogP) is 0.640. The highest BCUT2D eigenvalue weighted by Crippen LogP contribution is 1.85. The second-order valence-corrected chi connectivity index (χ2v) is 3.55. The molecule has 42 valence electrons. The van der Waals surface area contributed by atoms with Crippen LogP contribution in [0.4, 0.5) is 0 Å². The molecule has 7 heavy (non-hydrogen) atoms. The Hall–Kier alpha value is -0.0831. The predicted molar refractivity (Wildman–Crippen MR) is 35.0 cm³/mol. The minimum absolute atomic E-state index is 0.293. The standard InChI is InChI=1S/C5H12OSi/c1-4-5(2)7-6-3/h4H,7H2,1-3H3. The van der Waals surface area contributed by atoms with Gasteiger partial charge in [0.15, 0.2) is 9.76 Å². The molecule has 0 aromatic heterocycles. The molecule has 0 aliphatic carbocycles. The lowest BCUT2D eigenvalue weighted by molar-refractivity contribution is 0.447. The van der Waals surface area contributed by atoms with Gasteiger partial charge in [-0.05, 0) is 13.8 Å². The fraction of sp³-hybridized carbons (Fsp3) is 0.600. The van der Waals surface area contributed by atoms with Crippen LogP contribution in [0.1, 0.15) is 13.8 Å². The van der Waals surface area contributed by atoms with E-state index in [-0.39, 0.29) is 9.76 Å². The summed E-state index contributed by atoms with van der Waals surface area (Å²) < 4.78 is 4.97. The number of rotatable bonds is 2. The lowest BCUT2D eigenvalue weighted by atomic mass is 10.6. The number of hydrogen-bond donors (Lipinski definition) is 0. The van der Waals surface area contributed by atoms with Gasteiger partial charge in [-0.3, -0.25) is 0 Å². The molecule has 0 radical (unpaired) electrons. The molecule has 1 nitrogen and oxygen atoms in total. The Bertz CT molecular complexity index is 68.5. The van der Waals surface area contributed by atoms with Gasteiger partial charge >= 0.3 is 0 Å². The minimum Gasteiger partial charge on any atom is -0.422 e. The molecule has 0 saturated heterocycles. The average molecular weight is 116 g/mol. The second kappa shape index (κ2) is 4.09. The Balaban J connectivity index is 3.17. The monoisotopic (exact) mass is 116 g/mol. The van der Waals surface area contributed by atoms with Crippen LogP contribution in [-0.2, 0) is 4.43 Å². The Kier molecular flexibility index (Phi) is 4.04. The van der Waals surface area contributed by atoms with Crippen molar-refractivity contribution in [2.24, 2.45) is 0 Å². The lowest BCUT2D eigenvalue weighted by Crippen LogP contribution is -1.93. The van der Waals surface area contributed by atoms with Crippen LogP contribution in [0.5, 0.6) is 0 Å². The molecule has 0 rings (SSSR count). The maximum Gasteiger partial charge on any atom is 0.187 e. The molecule has 0 aromatic rings. The molecule has 0 amide bonds. The van der Waals surface area contributed by atoms with E-state index in [9.17, 15) is 0 Å². The quantitative estimate of drug-likeness (QED) is 0.481. The zero-order valence-corrected chi connectivity index (χ0v) is 6.61. The molecule has 0 aliphatic rings. The molecule has 0 aliphatic heterocycles. The third kappa shape index (κ3) is 3.75. The van der Waals surface area contributed by atoms with E-state index in [1.165, 1.54) is 5.20 Å². The van der Waals surface area contributed by atoms with E-state index in [1.807, 2.05) is 6.92 Å². The van der Waals surface area contributed by atoms with E-state index in [4.69, 9.17) is 4.43 Å². The Morgan fingerprint density at radius 1 is 1.71 bits per heavy atom. The van der Waals surface area contributed by atoms with E-state index in [0.29, 0.717) is 0 Å². The summed E-state index contributed by atoms with van der Waals surface area (Å²) in [5.74, 6) is 0. The third-order valence-corrected chi connectivity index (χ3v) is 2.02. The van der Waals surface area contributed by atoms with Crippen LogP contribution < -0.4 is 0 Å². The Morgan fingerprint density at radius 2 is 2.29 bits per heavy atom. The average Bonchev–Trinajstić information content (AvgIpc) is 1.68. The molecule has 0 spiro atoms. The zero-order chi connectivity index (χ0) is 5.70. The van der Waals surface area contributed by atoms with Crippen LogP contribution in [0.15, 0.2) is 11.3 Å². The first-order chi connectivity index (χ1) is 3.31. The van der Waals surface area contributed by atoms with Crippen molar-refractivity contribution in [1.82, 2.24) is 0 Å². The summed E-state index contributed by atoms with van der Waals surface area (Å²) in [6.45, 7) is 4.15. The van der Waals surface area contributed by atoms with Crippen LogP contribution >= 0.6 is 0 Å². The molecular weight excluding hydrogens is 104 g/mol. The summed E-state index contributed by atoms with van der Waals surface area (Å²) in [6.07, 6.45) is 2.11. The normalized spacial score (nSPS) is 13.9.